The maximum atomic E-state index is 11.4. The minimum Gasteiger partial charge on any atom is -0.298 e. The lowest BCUT2D eigenvalue weighted by atomic mass is 9.76. The smallest absolute Gasteiger partial charge is 0.146 e. The Bertz CT molecular complexity index is 608. The molecule has 1 aromatic rings. The topological polar surface area (TPSA) is 17.1 Å². The third-order valence-electron chi connectivity index (χ3n) is 3.53. The van der Waals surface area contributed by atoms with E-state index >= 15 is 0 Å². The van der Waals surface area contributed by atoms with Crippen molar-refractivity contribution in [2.75, 3.05) is 0 Å². The van der Waals surface area contributed by atoms with Gasteiger partial charge < -0.3 is 0 Å². The molecule has 2 rings (SSSR count). The number of carbonyl (C=O) groups excluding carboxylic acids is 1. The molecule has 0 unspecified atom stereocenters. The van der Waals surface area contributed by atoms with E-state index < -0.39 is 8.07 Å². The Morgan fingerprint density at radius 3 is 2.52 bits per heavy atom. The molecule has 0 spiro atoms. The molecule has 0 heterocycles. The van der Waals surface area contributed by atoms with E-state index in [9.17, 15) is 4.79 Å². The van der Waals surface area contributed by atoms with Crippen LogP contribution < -0.4 is 0 Å². The second-order valence-electron chi connectivity index (χ2n) is 6.48. The molecule has 0 radical (unpaired) electrons. The van der Waals surface area contributed by atoms with Crippen LogP contribution in [-0.2, 0) is 4.79 Å². The van der Waals surface area contributed by atoms with E-state index in [0.717, 1.165) is 18.3 Å². The van der Waals surface area contributed by atoms with Gasteiger partial charge in [-0.05, 0) is 17.1 Å². The summed E-state index contributed by atoms with van der Waals surface area (Å²) in [4.78, 5) is 11.4. The second kappa shape index (κ2) is 6.73. The largest absolute Gasteiger partial charge is 0.298 e. The summed E-state index contributed by atoms with van der Waals surface area (Å²) in [7, 11) is -1.34. The van der Waals surface area contributed by atoms with Gasteiger partial charge in [0.1, 0.15) is 14.4 Å². The van der Waals surface area contributed by atoms with E-state index in [2.05, 4.69) is 49.3 Å². The van der Waals surface area contributed by atoms with Gasteiger partial charge >= 0.3 is 0 Å². The lowest BCUT2D eigenvalue weighted by Gasteiger charge is -2.26. The van der Waals surface area contributed by atoms with E-state index in [1.54, 1.807) is 0 Å². The van der Waals surface area contributed by atoms with E-state index in [-0.39, 0.29) is 11.8 Å². The Balaban J connectivity index is 2.26. The van der Waals surface area contributed by atoms with Crippen LogP contribution in [0.1, 0.15) is 17.9 Å². The molecule has 0 amide bonds. The van der Waals surface area contributed by atoms with Crippen molar-refractivity contribution in [1.29, 1.82) is 0 Å². The molecule has 108 valence electrons. The Kier molecular flexibility index (Phi) is 4.98. The number of hydrogen-bond donors (Lipinski definition) is 0. The van der Waals surface area contributed by atoms with Crippen molar-refractivity contribution in [2.45, 2.75) is 32.0 Å². The highest BCUT2D eigenvalue weighted by molar-refractivity contribution is 6.83. The van der Waals surface area contributed by atoms with Crippen LogP contribution in [0.15, 0.2) is 54.1 Å². The molecule has 0 bridgehead atoms. The van der Waals surface area contributed by atoms with Crippen LogP contribution in [-0.4, -0.2) is 14.4 Å². The van der Waals surface area contributed by atoms with Gasteiger partial charge in [-0.2, -0.15) is 0 Å². The van der Waals surface area contributed by atoms with Gasteiger partial charge in [0.15, 0.2) is 0 Å². The lowest BCUT2D eigenvalue weighted by molar-refractivity contribution is -0.105. The van der Waals surface area contributed by atoms with Crippen molar-refractivity contribution in [2.24, 2.45) is 5.92 Å². The van der Waals surface area contributed by atoms with Crippen molar-refractivity contribution < 1.29 is 4.79 Å². The van der Waals surface area contributed by atoms with Crippen LogP contribution in [0.4, 0.5) is 0 Å². The van der Waals surface area contributed by atoms with Crippen LogP contribution in [0.2, 0.25) is 19.6 Å². The second-order valence-corrected chi connectivity index (χ2v) is 11.2. The third kappa shape index (κ3) is 4.31. The number of hydrogen-bond acceptors (Lipinski definition) is 1. The van der Waals surface area contributed by atoms with E-state index in [1.165, 1.54) is 5.56 Å². The Labute approximate surface area is 128 Å². The Morgan fingerprint density at radius 1 is 1.19 bits per heavy atom. The molecular formula is C19H22OSi. The van der Waals surface area contributed by atoms with Crippen molar-refractivity contribution >= 4 is 14.4 Å². The summed E-state index contributed by atoms with van der Waals surface area (Å²) in [5.41, 5.74) is 5.47. The molecule has 0 saturated heterocycles. The fourth-order valence-electron chi connectivity index (χ4n) is 2.60. The molecule has 2 atom stereocenters. The van der Waals surface area contributed by atoms with Crippen molar-refractivity contribution in [3.05, 3.63) is 59.7 Å². The van der Waals surface area contributed by atoms with Crippen LogP contribution >= 0.6 is 0 Å². The average molecular weight is 294 g/mol. The normalized spacial score (nSPS) is 21.2. The van der Waals surface area contributed by atoms with E-state index in [1.807, 2.05) is 30.4 Å². The first-order chi connectivity index (χ1) is 10.0. The highest BCUT2D eigenvalue weighted by atomic mass is 28.3. The van der Waals surface area contributed by atoms with Crippen LogP contribution in [0, 0.1) is 17.4 Å². The molecule has 0 N–H and O–H groups in total. The highest BCUT2D eigenvalue weighted by Gasteiger charge is 2.26. The number of allylic oxidation sites excluding steroid dienone is 4. The summed E-state index contributed by atoms with van der Waals surface area (Å²) in [6.45, 7) is 6.76. The molecule has 0 saturated carbocycles. The highest BCUT2D eigenvalue weighted by Crippen LogP contribution is 2.36. The van der Waals surface area contributed by atoms with Gasteiger partial charge in [0.05, 0.1) is 0 Å². The summed E-state index contributed by atoms with van der Waals surface area (Å²) in [6.07, 6.45) is 7.90. The van der Waals surface area contributed by atoms with Crippen LogP contribution in [0.5, 0.6) is 0 Å². The summed E-state index contributed by atoms with van der Waals surface area (Å²) in [5.74, 6) is 3.77. The maximum absolute atomic E-state index is 11.4. The first-order valence-electron chi connectivity index (χ1n) is 7.40. The number of aldehydes is 1. The zero-order valence-corrected chi connectivity index (χ0v) is 14.0. The summed E-state index contributed by atoms with van der Waals surface area (Å²) in [6, 6.07) is 10.3. The molecule has 0 fully saturated rings. The van der Waals surface area contributed by atoms with Gasteiger partial charge in [-0.15, -0.1) is 11.5 Å². The standard InChI is InChI=1S/C19H22OSi/c1-21(2,3)14-8-13-17-11-7-12-18(15-20)19(17)16-9-5-4-6-10-16/h4-7,9-12,15,17,19H,13H2,1-3H3/t17-,19-/m1/s1. The summed E-state index contributed by atoms with van der Waals surface area (Å²) >= 11 is 0. The predicted octanol–water partition coefficient (Wildman–Crippen LogP) is 4.35. The average Bonchev–Trinajstić information content (AvgIpc) is 2.46. The Morgan fingerprint density at radius 2 is 1.90 bits per heavy atom. The fourth-order valence-corrected chi connectivity index (χ4v) is 3.24. The first kappa shape index (κ1) is 15.5. The first-order valence-corrected chi connectivity index (χ1v) is 10.9. The van der Waals surface area contributed by atoms with Gasteiger partial charge in [-0.25, -0.2) is 0 Å². The van der Waals surface area contributed by atoms with Crippen LogP contribution in [0.25, 0.3) is 0 Å². The number of benzene rings is 1. The van der Waals surface area contributed by atoms with Crippen molar-refractivity contribution in [3.63, 3.8) is 0 Å². The SMILES string of the molecule is C[Si](C)(C)C#CC[C@H]1C=CC=C(C=O)[C@@H]1c1ccccc1. The van der Waals surface area contributed by atoms with Gasteiger partial charge in [0.2, 0.25) is 0 Å². The molecule has 1 aromatic carbocycles. The summed E-state index contributed by atoms with van der Waals surface area (Å²) in [5, 5.41) is 0. The molecule has 21 heavy (non-hydrogen) atoms. The van der Waals surface area contributed by atoms with Gasteiger partial charge in [-0.3, -0.25) is 4.79 Å². The molecular weight excluding hydrogens is 272 g/mol. The zero-order chi connectivity index (χ0) is 15.3. The monoisotopic (exact) mass is 294 g/mol. The lowest BCUT2D eigenvalue weighted by Crippen LogP contribution is -2.18. The van der Waals surface area contributed by atoms with Crippen molar-refractivity contribution in [1.82, 2.24) is 0 Å². The molecule has 1 nitrogen and oxygen atoms in total. The van der Waals surface area contributed by atoms with Gasteiger partial charge in [0.25, 0.3) is 0 Å². The molecule has 1 aliphatic rings. The molecule has 2 heteroatoms. The molecule has 1 aliphatic carbocycles. The minimum atomic E-state index is -1.34. The molecule has 0 aromatic heterocycles. The zero-order valence-electron chi connectivity index (χ0n) is 13.0. The van der Waals surface area contributed by atoms with E-state index in [4.69, 9.17) is 0 Å². The van der Waals surface area contributed by atoms with Gasteiger partial charge in [-0.1, -0.05) is 68.2 Å². The molecule has 0 aliphatic heterocycles. The van der Waals surface area contributed by atoms with Gasteiger partial charge in [0, 0.05) is 12.3 Å². The van der Waals surface area contributed by atoms with Crippen LogP contribution in [0.3, 0.4) is 0 Å². The number of rotatable bonds is 3. The fraction of sp³-hybridized carbons (Fsp3) is 0.316. The Hall–Kier alpha value is -1.85. The van der Waals surface area contributed by atoms with E-state index in [0.29, 0.717) is 0 Å². The predicted molar refractivity (Wildman–Crippen MR) is 91.7 cm³/mol. The maximum Gasteiger partial charge on any atom is 0.146 e. The minimum absolute atomic E-state index is 0.129. The van der Waals surface area contributed by atoms with Crippen molar-refractivity contribution in [3.8, 4) is 11.5 Å². The summed E-state index contributed by atoms with van der Waals surface area (Å²) < 4.78 is 0. The number of carbonyl (C=O) groups is 1. The quantitative estimate of drug-likeness (QED) is 0.460. The third-order valence-corrected chi connectivity index (χ3v) is 4.46.